The summed E-state index contributed by atoms with van der Waals surface area (Å²) in [5.41, 5.74) is 3.61. The van der Waals surface area contributed by atoms with Gasteiger partial charge >= 0.3 is 5.97 Å². The van der Waals surface area contributed by atoms with Gasteiger partial charge in [-0.1, -0.05) is 30.3 Å². The molecule has 3 rings (SSSR count). The zero-order valence-corrected chi connectivity index (χ0v) is 18.0. The fraction of sp³-hybridized carbons (Fsp3) is 0.174. The highest BCUT2D eigenvalue weighted by Crippen LogP contribution is 2.27. The monoisotopic (exact) mass is 447 g/mol. The highest BCUT2D eigenvalue weighted by Gasteiger charge is 2.13. The summed E-state index contributed by atoms with van der Waals surface area (Å²) in [6.07, 6.45) is 1.51. The predicted molar refractivity (Wildman–Crippen MR) is 121 cm³/mol. The summed E-state index contributed by atoms with van der Waals surface area (Å²) in [7, 11) is 1.50. The number of ether oxygens (including phenoxy) is 3. The second-order valence-corrected chi connectivity index (χ2v) is 6.58. The van der Waals surface area contributed by atoms with Crippen molar-refractivity contribution in [3.63, 3.8) is 0 Å². The number of aromatic amines is 1. The first-order valence-electron chi connectivity index (χ1n) is 9.85. The number of nitriles is 1. The molecule has 0 bridgehead atoms. The van der Waals surface area contributed by atoms with Crippen molar-refractivity contribution >= 4 is 18.1 Å². The molecule has 0 fully saturated rings. The number of benzene rings is 2. The van der Waals surface area contributed by atoms with Crippen LogP contribution in [0.2, 0.25) is 0 Å². The predicted octanol–water partition coefficient (Wildman–Crippen LogP) is 2.71. The molecule has 1 aromatic heterocycles. The average Bonchev–Trinajstić information content (AvgIpc) is 2.82. The summed E-state index contributed by atoms with van der Waals surface area (Å²) < 4.78 is 15.7. The van der Waals surface area contributed by atoms with Gasteiger partial charge in [-0.3, -0.25) is 14.6 Å². The fourth-order valence-corrected chi connectivity index (χ4v) is 2.82. The lowest BCUT2D eigenvalue weighted by Gasteiger charge is -2.11. The zero-order valence-electron chi connectivity index (χ0n) is 18.0. The maximum Gasteiger partial charge on any atom is 0.302 e. The lowest BCUT2D eigenvalue weighted by atomic mass is 10.1. The molecule has 2 aromatic carbocycles. The third kappa shape index (κ3) is 6.18. The quantitative estimate of drug-likeness (QED) is 0.221. The van der Waals surface area contributed by atoms with Crippen LogP contribution in [-0.2, 0) is 9.53 Å². The Labute approximate surface area is 189 Å². The summed E-state index contributed by atoms with van der Waals surface area (Å²) in [5, 5.41) is 13.4. The topological polar surface area (TPSA) is 139 Å². The normalized spacial score (nSPS) is 10.5. The summed E-state index contributed by atoms with van der Waals surface area (Å²) in [5.74, 6) is 0.670. The molecule has 1 heterocycles. The number of nitrogens with one attached hydrogen (secondary N) is 2. The van der Waals surface area contributed by atoms with Crippen LogP contribution < -0.4 is 20.5 Å². The Morgan fingerprint density at radius 2 is 2.00 bits per heavy atom. The maximum atomic E-state index is 12.3. The van der Waals surface area contributed by atoms with E-state index in [0.29, 0.717) is 22.6 Å². The van der Waals surface area contributed by atoms with Gasteiger partial charge in [0.05, 0.1) is 19.0 Å². The third-order valence-corrected chi connectivity index (χ3v) is 4.30. The van der Waals surface area contributed by atoms with Gasteiger partial charge in [-0.25, -0.2) is 10.4 Å². The Morgan fingerprint density at radius 3 is 2.70 bits per heavy atom. The van der Waals surface area contributed by atoms with E-state index >= 15 is 0 Å². The first-order valence-corrected chi connectivity index (χ1v) is 9.85. The van der Waals surface area contributed by atoms with Crippen molar-refractivity contribution in [2.24, 2.45) is 5.10 Å². The van der Waals surface area contributed by atoms with Crippen LogP contribution in [0.5, 0.6) is 11.5 Å². The molecule has 2 N–H and O–H groups in total. The standard InChI is InChI=1S/C23H21N5O5/c1-15(29)32-10-11-33-19-9-8-16(12-20(19)31-2)14-25-28-23-26-21(17-6-4-3-5-7-17)18(13-24)22(30)27-23/h3-9,12,14H,10-11H2,1-2H3,(H2,26,27,28,30). The van der Waals surface area contributed by atoms with E-state index in [4.69, 9.17) is 14.2 Å². The lowest BCUT2D eigenvalue weighted by molar-refractivity contribution is -0.141. The smallest absolute Gasteiger partial charge is 0.302 e. The molecule has 0 aliphatic rings. The molecule has 0 atom stereocenters. The summed E-state index contributed by atoms with van der Waals surface area (Å²) in [6.45, 7) is 1.65. The number of H-pyrrole nitrogens is 1. The number of nitrogens with zero attached hydrogens (tertiary/aromatic N) is 3. The highest BCUT2D eigenvalue weighted by atomic mass is 16.6. The summed E-state index contributed by atoms with van der Waals surface area (Å²) in [4.78, 5) is 29.9. The van der Waals surface area contributed by atoms with E-state index in [9.17, 15) is 14.9 Å². The van der Waals surface area contributed by atoms with E-state index in [2.05, 4.69) is 20.5 Å². The van der Waals surface area contributed by atoms with Crippen LogP contribution >= 0.6 is 0 Å². The van der Waals surface area contributed by atoms with Crippen molar-refractivity contribution in [1.29, 1.82) is 5.26 Å². The molecule has 0 spiro atoms. The molecule has 10 heteroatoms. The minimum Gasteiger partial charge on any atom is -0.493 e. The molecule has 0 unspecified atom stereocenters. The molecule has 0 saturated heterocycles. The lowest BCUT2D eigenvalue weighted by Crippen LogP contribution is -2.16. The molecular weight excluding hydrogens is 426 g/mol. The van der Waals surface area contributed by atoms with Crippen LogP contribution in [0.3, 0.4) is 0 Å². The molecule has 0 aliphatic carbocycles. The number of rotatable bonds is 9. The first-order chi connectivity index (χ1) is 16.0. The van der Waals surface area contributed by atoms with Crippen molar-refractivity contribution in [1.82, 2.24) is 9.97 Å². The van der Waals surface area contributed by atoms with E-state index < -0.39 is 5.56 Å². The molecule has 3 aromatic rings. The Morgan fingerprint density at radius 1 is 1.21 bits per heavy atom. The number of hydrogen-bond acceptors (Lipinski definition) is 9. The van der Waals surface area contributed by atoms with Crippen molar-refractivity contribution < 1.29 is 19.0 Å². The van der Waals surface area contributed by atoms with Gasteiger partial charge in [-0.2, -0.15) is 10.4 Å². The molecule has 168 valence electrons. The number of esters is 1. The zero-order chi connectivity index (χ0) is 23.6. The van der Waals surface area contributed by atoms with Gasteiger partial charge < -0.3 is 14.2 Å². The molecule has 10 nitrogen and oxygen atoms in total. The largest absolute Gasteiger partial charge is 0.493 e. The summed E-state index contributed by atoms with van der Waals surface area (Å²) in [6, 6.07) is 16.0. The average molecular weight is 447 g/mol. The van der Waals surface area contributed by atoms with Crippen LogP contribution in [0.4, 0.5) is 5.95 Å². The number of aromatic nitrogens is 2. The van der Waals surface area contributed by atoms with E-state index in [-0.39, 0.29) is 36.4 Å². The maximum absolute atomic E-state index is 12.3. The van der Waals surface area contributed by atoms with Gasteiger partial charge in [0, 0.05) is 12.5 Å². The fourth-order valence-electron chi connectivity index (χ4n) is 2.82. The Kier molecular flexibility index (Phi) is 7.75. The van der Waals surface area contributed by atoms with E-state index in [1.807, 2.05) is 12.1 Å². The molecular formula is C23H21N5O5. The first kappa shape index (κ1) is 23.0. The second kappa shape index (κ2) is 11.1. The van der Waals surface area contributed by atoms with Crippen molar-refractivity contribution in [2.45, 2.75) is 6.92 Å². The number of anilines is 1. The highest BCUT2D eigenvalue weighted by molar-refractivity contribution is 5.81. The molecule has 0 aliphatic heterocycles. The van der Waals surface area contributed by atoms with Gasteiger partial charge in [0.2, 0.25) is 5.95 Å². The minimum atomic E-state index is -0.569. The van der Waals surface area contributed by atoms with Gasteiger partial charge in [-0.15, -0.1) is 0 Å². The Balaban J connectivity index is 1.73. The van der Waals surface area contributed by atoms with E-state index in [0.717, 1.165) is 0 Å². The molecule has 33 heavy (non-hydrogen) atoms. The van der Waals surface area contributed by atoms with Crippen LogP contribution in [0.15, 0.2) is 58.4 Å². The van der Waals surface area contributed by atoms with Crippen LogP contribution in [-0.4, -0.2) is 42.5 Å². The van der Waals surface area contributed by atoms with E-state index in [1.165, 1.54) is 20.2 Å². The van der Waals surface area contributed by atoms with E-state index in [1.54, 1.807) is 42.5 Å². The van der Waals surface area contributed by atoms with Crippen LogP contribution in [0.25, 0.3) is 11.3 Å². The number of methoxy groups -OCH3 is 1. The van der Waals surface area contributed by atoms with Crippen LogP contribution in [0.1, 0.15) is 18.1 Å². The van der Waals surface area contributed by atoms with Crippen molar-refractivity contribution in [3.05, 3.63) is 70.0 Å². The second-order valence-electron chi connectivity index (χ2n) is 6.58. The number of carbonyl (C=O) groups is 1. The summed E-state index contributed by atoms with van der Waals surface area (Å²) >= 11 is 0. The Bertz CT molecular complexity index is 1250. The van der Waals surface area contributed by atoms with Gasteiger partial charge in [0.25, 0.3) is 5.56 Å². The number of hydrazone groups is 1. The Hall–Kier alpha value is -4.65. The van der Waals surface area contributed by atoms with Gasteiger partial charge in [0.15, 0.2) is 11.5 Å². The molecule has 0 amide bonds. The van der Waals surface area contributed by atoms with Crippen LogP contribution in [0, 0.1) is 11.3 Å². The van der Waals surface area contributed by atoms with Gasteiger partial charge in [-0.05, 0) is 23.8 Å². The SMILES string of the molecule is COc1cc(C=NNc2nc(-c3ccccc3)c(C#N)c(=O)[nH]2)ccc1OCCOC(C)=O. The molecule has 0 saturated carbocycles. The van der Waals surface area contributed by atoms with Crippen molar-refractivity contribution in [3.8, 4) is 28.8 Å². The van der Waals surface area contributed by atoms with Crippen molar-refractivity contribution in [2.75, 3.05) is 25.7 Å². The number of carbonyl (C=O) groups excluding carboxylic acids is 1. The third-order valence-electron chi connectivity index (χ3n) is 4.30. The van der Waals surface area contributed by atoms with Gasteiger partial charge in [0.1, 0.15) is 24.8 Å². The minimum absolute atomic E-state index is 0.0789. The molecule has 0 radical (unpaired) electrons. The number of hydrogen-bond donors (Lipinski definition) is 2.